The molecule has 0 bridgehead atoms. The summed E-state index contributed by atoms with van der Waals surface area (Å²) in [5.74, 6) is -0.870. The van der Waals surface area contributed by atoms with Crippen LogP contribution < -0.4 is 9.62 Å². The van der Waals surface area contributed by atoms with Crippen LogP contribution in [-0.4, -0.2) is 51.3 Å². The molecule has 1 N–H and O–H groups in total. The van der Waals surface area contributed by atoms with Crippen LogP contribution in [0.15, 0.2) is 77.7 Å². The number of rotatable bonds is 11. The number of hydrogen-bond donors (Lipinski definition) is 1. The lowest BCUT2D eigenvalue weighted by Crippen LogP contribution is -2.52. The van der Waals surface area contributed by atoms with E-state index in [1.165, 1.54) is 42.3 Å². The second-order valence-corrected chi connectivity index (χ2v) is 11.5. The quantitative estimate of drug-likeness (QED) is 0.345. The Morgan fingerprint density at radius 3 is 2.24 bits per heavy atom. The van der Waals surface area contributed by atoms with E-state index in [0.717, 1.165) is 15.4 Å². The molecule has 3 aromatic rings. The maximum Gasteiger partial charge on any atom is 0.264 e. The summed E-state index contributed by atoms with van der Waals surface area (Å²) in [7, 11) is -2.72. The van der Waals surface area contributed by atoms with Crippen LogP contribution in [0.4, 0.5) is 5.69 Å². The summed E-state index contributed by atoms with van der Waals surface area (Å²) in [5.41, 5.74) is 1.94. The van der Waals surface area contributed by atoms with Crippen molar-refractivity contribution in [3.63, 3.8) is 0 Å². The van der Waals surface area contributed by atoms with Gasteiger partial charge in [0.2, 0.25) is 11.8 Å². The first-order valence-corrected chi connectivity index (χ1v) is 14.4. The number of aryl methyl sites for hydroxylation is 1. The van der Waals surface area contributed by atoms with Gasteiger partial charge in [-0.15, -0.1) is 0 Å². The molecule has 10 heteroatoms. The van der Waals surface area contributed by atoms with E-state index >= 15 is 0 Å². The molecule has 1 atom stereocenters. The number of halogens is 2. The fourth-order valence-corrected chi connectivity index (χ4v) is 5.95. The number of carbonyl (C=O) groups is 2. The molecule has 38 heavy (non-hydrogen) atoms. The Kier molecular flexibility index (Phi) is 10.2. The molecule has 0 radical (unpaired) electrons. The highest BCUT2D eigenvalue weighted by molar-refractivity contribution is 7.92. The fourth-order valence-electron chi connectivity index (χ4n) is 4.09. The molecular formula is C28H31Cl2N3O4S. The van der Waals surface area contributed by atoms with E-state index < -0.39 is 28.5 Å². The van der Waals surface area contributed by atoms with Crippen LogP contribution >= 0.6 is 23.2 Å². The monoisotopic (exact) mass is 575 g/mol. The molecular weight excluding hydrogens is 545 g/mol. The molecule has 3 aromatic carbocycles. The van der Waals surface area contributed by atoms with Gasteiger partial charge in [-0.3, -0.25) is 13.9 Å². The fraction of sp³-hybridized carbons (Fsp3) is 0.286. The standard InChI is InChI=1S/C28H31Cl2N3O4S/c1-4-25(28(35)31-3)32(17-16-21-8-6-5-7-9-21)27(34)19-33(26-18-22(29)12-15-24(26)30)38(36,37)23-13-10-20(2)11-14-23/h5-15,18,25H,4,16-17,19H2,1-3H3,(H,31,35)/t25-/m0/s1. The number of amides is 2. The topological polar surface area (TPSA) is 86.8 Å². The van der Waals surface area contributed by atoms with Gasteiger partial charge in [-0.25, -0.2) is 8.42 Å². The summed E-state index contributed by atoms with van der Waals surface area (Å²) >= 11 is 12.6. The smallest absolute Gasteiger partial charge is 0.264 e. The van der Waals surface area contributed by atoms with Crippen molar-refractivity contribution < 1.29 is 18.0 Å². The zero-order valence-electron chi connectivity index (χ0n) is 21.5. The van der Waals surface area contributed by atoms with Gasteiger partial charge >= 0.3 is 0 Å². The molecule has 202 valence electrons. The Hall–Kier alpha value is -3.07. The highest BCUT2D eigenvalue weighted by Crippen LogP contribution is 2.33. The third-order valence-corrected chi connectivity index (χ3v) is 8.51. The number of benzene rings is 3. The van der Waals surface area contributed by atoms with Crippen LogP contribution in [0.1, 0.15) is 24.5 Å². The molecule has 7 nitrogen and oxygen atoms in total. The molecule has 0 aliphatic rings. The summed E-state index contributed by atoms with van der Waals surface area (Å²) in [6.45, 7) is 3.30. The van der Waals surface area contributed by atoms with Gasteiger partial charge in [0.25, 0.3) is 10.0 Å². The minimum absolute atomic E-state index is 0.00104. The molecule has 0 spiro atoms. The van der Waals surface area contributed by atoms with Crippen molar-refractivity contribution in [1.82, 2.24) is 10.2 Å². The Bertz CT molecular complexity index is 1370. The Morgan fingerprint density at radius 1 is 0.974 bits per heavy atom. The second kappa shape index (κ2) is 13.1. The number of hydrogen-bond acceptors (Lipinski definition) is 4. The lowest BCUT2D eigenvalue weighted by Gasteiger charge is -2.33. The lowest BCUT2D eigenvalue weighted by molar-refractivity contribution is -0.139. The molecule has 0 aliphatic heterocycles. The highest BCUT2D eigenvalue weighted by Gasteiger charge is 2.34. The van der Waals surface area contributed by atoms with Gasteiger partial charge in [0, 0.05) is 18.6 Å². The van der Waals surface area contributed by atoms with Gasteiger partial charge in [-0.2, -0.15) is 0 Å². The normalized spacial score (nSPS) is 12.0. The average Bonchev–Trinajstić information content (AvgIpc) is 2.91. The van der Waals surface area contributed by atoms with Crippen LogP contribution in [0.5, 0.6) is 0 Å². The van der Waals surface area contributed by atoms with Crippen LogP contribution in [0, 0.1) is 6.92 Å². The highest BCUT2D eigenvalue weighted by atomic mass is 35.5. The van der Waals surface area contributed by atoms with Gasteiger partial charge in [0.05, 0.1) is 15.6 Å². The molecule has 0 aromatic heterocycles. The van der Waals surface area contributed by atoms with Gasteiger partial charge < -0.3 is 10.2 Å². The van der Waals surface area contributed by atoms with Gasteiger partial charge in [-0.05, 0) is 55.7 Å². The molecule has 0 unspecified atom stereocenters. The maximum absolute atomic E-state index is 13.9. The number of likely N-dealkylation sites (N-methyl/N-ethyl adjacent to an activating group) is 1. The number of anilines is 1. The largest absolute Gasteiger partial charge is 0.357 e. The number of nitrogens with one attached hydrogen (secondary N) is 1. The van der Waals surface area contributed by atoms with Crippen LogP contribution in [0.25, 0.3) is 0 Å². The molecule has 3 rings (SSSR count). The van der Waals surface area contributed by atoms with Gasteiger partial charge in [0.15, 0.2) is 0 Å². The summed E-state index contributed by atoms with van der Waals surface area (Å²) in [4.78, 5) is 28.0. The molecule has 0 saturated heterocycles. The molecule has 0 aliphatic carbocycles. The zero-order valence-corrected chi connectivity index (χ0v) is 23.9. The van der Waals surface area contributed by atoms with Crippen molar-refractivity contribution >= 4 is 50.7 Å². The minimum Gasteiger partial charge on any atom is -0.357 e. The third kappa shape index (κ3) is 7.07. The van der Waals surface area contributed by atoms with Crippen LogP contribution in [-0.2, 0) is 26.0 Å². The van der Waals surface area contributed by atoms with E-state index in [0.29, 0.717) is 12.8 Å². The SMILES string of the molecule is CC[C@@H](C(=O)NC)N(CCc1ccccc1)C(=O)CN(c1cc(Cl)ccc1Cl)S(=O)(=O)c1ccc(C)cc1. The van der Waals surface area contributed by atoms with Gasteiger partial charge in [-0.1, -0.05) is 78.2 Å². The van der Waals surface area contributed by atoms with Crippen molar-refractivity contribution in [2.45, 2.75) is 37.6 Å². The predicted molar refractivity (Wildman–Crippen MR) is 152 cm³/mol. The third-order valence-electron chi connectivity index (χ3n) is 6.18. The van der Waals surface area contributed by atoms with Crippen molar-refractivity contribution in [1.29, 1.82) is 0 Å². The summed E-state index contributed by atoms with van der Waals surface area (Å²) in [6, 6.07) is 19.5. The van der Waals surface area contributed by atoms with E-state index in [9.17, 15) is 18.0 Å². The van der Waals surface area contributed by atoms with E-state index in [1.807, 2.05) is 37.3 Å². The molecule has 0 saturated carbocycles. The summed E-state index contributed by atoms with van der Waals surface area (Å²) in [5, 5.41) is 2.99. The zero-order chi connectivity index (χ0) is 27.9. The van der Waals surface area contributed by atoms with Gasteiger partial charge in [0.1, 0.15) is 12.6 Å². The first kappa shape index (κ1) is 29.5. The first-order valence-electron chi connectivity index (χ1n) is 12.2. The molecule has 2 amide bonds. The summed E-state index contributed by atoms with van der Waals surface area (Å²) < 4.78 is 28.7. The number of nitrogens with zero attached hydrogens (tertiary/aromatic N) is 2. The van der Waals surface area contributed by atoms with Crippen LogP contribution in [0.3, 0.4) is 0 Å². The second-order valence-electron chi connectivity index (χ2n) is 8.78. The van der Waals surface area contributed by atoms with Crippen molar-refractivity contribution in [3.8, 4) is 0 Å². The number of carbonyl (C=O) groups excluding carboxylic acids is 2. The van der Waals surface area contributed by atoms with E-state index in [1.54, 1.807) is 19.1 Å². The summed E-state index contributed by atoms with van der Waals surface area (Å²) in [6.07, 6.45) is 0.839. The van der Waals surface area contributed by atoms with Crippen LogP contribution in [0.2, 0.25) is 10.0 Å². The maximum atomic E-state index is 13.9. The molecule has 0 fully saturated rings. The Balaban J connectivity index is 2.04. The average molecular weight is 577 g/mol. The Labute approximate surface area is 234 Å². The number of sulfonamides is 1. The van der Waals surface area contributed by atoms with Crippen molar-refractivity contribution in [3.05, 3.63) is 94.0 Å². The predicted octanol–water partition coefficient (Wildman–Crippen LogP) is 5.09. The molecule has 0 heterocycles. The Morgan fingerprint density at radius 2 is 1.63 bits per heavy atom. The van der Waals surface area contributed by atoms with Crippen molar-refractivity contribution in [2.24, 2.45) is 0 Å². The first-order chi connectivity index (χ1) is 18.1. The van der Waals surface area contributed by atoms with E-state index in [-0.39, 0.29) is 33.1 Å². The van der Waals surface area contributed by atoms with E-state index in [4.69, 9.17) is 23.2 Å². The van der Waals surface area contributed by atoms with E-state index in [2.05, 4.69) is 5.32 Å². The minimum atomic E-state index is -4.22. The lowest BCUT2D eigenvalue weighted by atomic mass is 10.1. The van der Waals surface area contributed by atoms with Crippen molar-refractivity contribution in [2.75, 3.05) is 24.4 Å².